The van der Waals surface area contributed by atoms with Gasteiger partial charge in [0.15, 0.2) is 0 Å². The maximum atomic E-state index is 12.2. The Labute approximate surface area is 162 Å². The minimum atomic E-state index is -0.0119. The number of carbonyl (C=O) groups is 1. The van der Waals surface area contributed by atoms with Gasteiger partial charge >= 0.3 is 4.87 Å². The van der Waals surface area contributed by atoms with Crippen molar-refractivity contribution in [3.8, 4) is 5.69 Å². The molecule has 0 radical (unpaired) electrons. The van der Waals surface area contributed by atoms with E-state index in [1.54, 1.807) is 4.57 Å². The van der Waals surface area contributed by atoms with Crippen LogP contribution >= 0.6 is 11.3 Å². The van der Waals surface area contributed by atoms with Crippen LogP contribution < -0.4 is 10.2 Å². The highest BCUT2D eigenvalue weighted by Gasteiger charge is 2.13. The summed E-state index contributed by atoms with van der Waals surface area (Å²) in [5.74, 6) is -0.0119. The minimum Gasteiger partial charge on any atom is -0.352 e. The zero-order valence-electron chi connectivity index (χ0n) is 15.9. The first-order chi connectivity index (χ1) is 13.0. The number of para-hydroxylation sites is 1. The van der Waals surface area contributed by atoms with Crippen molar-refractivity contribution in [2.24, 2.45) is 0 Å². The molecule has 0 aliphatic rings. The summed E-state index contributed by atoms with van der Waals surface area (Å²) in [5.41, 5.74) is 4.94. The van der Waals surface area contributed by atoms with E-state index < -0.39 is 0 Å². The van der Waals surface area contributed by atoms with Crippen LogP contribution in [-0.4, -0.2) is 20.3 Å². The second-order valence-electron chi connectivity index (χ2n) is 6.57. The van der Waals surface area contributed by atoms with E-state index in [-0.39, 0.29) is 10.8 Å². The quantitative estimate of drug-likeness (QED) is 0.680. The molecule has 0 bridgehead atoms. The molecule has 2 aromatic heterocycles. The first kappa shape index (κ1) is 19.1. The summed E-state index contributed by atoms with van der Waals surface area (Å²) in [6.45, 7) is 6.92. The fourth-order valence-electron chi connectivity index (χ4n) is 3.10. The number of rotatable bonds is 7. The molecule has 1 aromatic carbocycles. The van der Waals surface area contributed by atoms with Gasteiger partial charge in [-0.25, -0.2) is 4.68 Å². The molecule has 3 aromatic rings. The summed E-state index contributed by atoms with van der Waals surface area (Å²) in [7, 11) is 0. The van der Waals surface area contributed by atoms with Crippen LogP contribution in [0.2, 0.25) is 0 Å². The number of aryl methyl sites for hydroxylation is 2. The molecule has 142 valence electrons. The van der Waals surface area contributed by atoms with E-state index in [1.807, 2.05) is 61.2 Å². The van der Waals surface area contributed by atoms with E-state index in [0.29, 0.717) is 25.9 Å². The smallest absolute Gasteiger partial charge is 0.307 e. The predicted molar refractivity (Wildman–Crippen MR) is 107 cm³/mol. The van der Waals surface area contributed by atoms with Gasteiger partial charge in [0, 0.05) is 41.8 Å². The van der Waals surface area contributed by atoms with Crippen LogP contribution in [-0.2, 0) is 17.9 Å². The molecule has 27 heavy (non-hydrogen) atoms. The molecule has 2 heterocycles. The van der Waals surface area contributed by atoms with Crippen LogP contribution in [0.3, 0.4) is 0 Å². The fourth-order valence-corrected chi connectivity index (χ4v) is 3.86. The fraction of sp³-hybridized carbons (Fsp3) is 0.350. The van der Waals surface area contributed by atoms with Gasteiger partial charge < -0.3 is 9.88 Å². The molecule has 7 heteroatoms. The Hall–Kier alpha value is -2.67. The third-order valence-corrected chi connectivity index (χ3v) is 5.55. The average molecular weight is 385 g/mol. The third-order valence-electron chi connectivity index (χ3n) is 4.67. The number of hydrogen-bond donors (Lipinski definition) is 1. The van der Waals surface area contributed by atoms with Crippen LogP contribution in [0.1, 0.15) is 35.5 Å². The summed E-state index contributed by atoms with van der Waals surface area (Å²) < 4.78 is 3.62. The van der Waals surface area contributed by atoms with Gasteiger partial charge in [-0.2, -0.15) is 5.10 Å². The summed E-state index contributed by atoms with van der Waals surface area (Å²) in [6.07, 6.45) is 1.04. The lowest BCUT2D eigenvalue weighted by atomic mass is 10.2. The highest BCUT2D eigenvalue weighted by Crippen LogP contribution is 2.17. The van der Waals surface area contributed by atoms with Gasteiger partial charge in [-0.15, -0.1) is 0 Å². The molecular weight excluding hydrogens is 360 g/mol. The summed E-state index contributed by atoms with van der Waals surface area (Å²) >= 11 is 1.20. The van der Waals surface area contributed by atoms with Crippen LogP contribution in [0.15, 0.2) is 40.5 Å². The van der Waals surface area contributed by atoms with E-state index in [2.05, 4.69) is 10.4 Å². The van der Waals surface area contributed by atoms with Gasteiger partial charge in [0.25, 0.3) is 0 Å². The van der Waals surface area contributed by atoms with Crippen LogP contribution in [0, 0.1) is 20.8 Å². The van der Waals surface area contributed by atoms with Gasteiger partial charge in [0.2, 0.25) is 5.91 Å². The molecule has 0 saturated carbocycles. The Balaban J connectivity index is 1.56. The Kier molecular flexibility index (Phi) is 5.91. The zero-order chi connectivity index (χ0) is 19.4. The molecule has 3 rings (SSSR count). The van der Waals surface area contributed by atoms with Gasteiger partial charge in [-0.1, -0.05) is 29.5 Å². The largest absolute Gasteiger partial charge is 0.352 e. The standard InChI is InChI=1S/C20H24N4O2S/c1-14-13-27-20(26)23(14)11-7-10-19(25)21-12-18-15(2)22-24(16(18)3)17-8-5-4-6-9-17/h4-6,8-9,13H,7,10-12H2,1-3H3,(H,21,25). The molecular formula is C20H24N4O2S. The van der Waals surface area contributed by atoms with Crippen molar-refractivity contribution in [2.45, 2.75) is 46.7 Å². The molecule has 0 unspecified atom stereocenters. The van der Waals surface area contributed by atoms with Gasteiger partial charge in [-0.3, -0.25) is 9.59 Å². The van der Waals surface area contributed by atoms with Crippen LogP contribution in [0.25, 0.3) is 5.69 Å². The number of aromatic nitrogens is 3. The maximum absolute atomic E-state index is 12.2. The molecule has 0 aliphatic carbocycles. The molecule has 0 aliphatic heterocycles. The van der Waals surface area contributed by atoms with Crippen molar-refractivity contribution < 1.29 is 4.79 Å². The van der Waals surface area contributed by atoms with Crippen molar-refractivity contribution in [3.63, 3.8) is 0 Å². The molecule has 0 atom stereocenters. The van der Waals surface area contributed by atoms with Crippen LogP contribution in [0.5, 0.6) is 0 Å². The maximum Gasteiger partial charge on any atom is 0.307 e. The minimum absolute atomic E-state index is 0.0119. The van der Waals surface area contributed by atoms with Crippen molar-refractivity contribution in [2.75, 3.05) is 0 Å². The lowest BCUT2D eigenvalue weighted by Crippen LogP contribution is -2.24. The first-order valence-corrected chi connectivity index (χ1v) is 9.87. The van der Waals surface area contributed by atoms with Crippen molar-refractivity contribution in [1.29, 1.82) is 0 Å². The molecule has 0 fully saturated rings. The molecule has 0 saturated heterocycles. The van der Waals surface area contributed by atoms with E-state index in [0.717, 1.165) is 28.3 Å². The van der Waals surface area contributed by atoms with E-state index in [9.17, 15) is 9.59 Å². The second-order valence-corrected chi connectivity index (χ2v) is 7.39. The average Bonchev–Trinajstić information content (AvgIpc) is 3.13. The summed E-state index contributed by atoms with van der Waals surface area (Å²) in [5, 5.41) is 9.43. The van der Waals surface area contributed by atoms with Crippen molar-refractivity contribution in [1.82, 2.24) is 19.7 Å². The number of hydrogen-bond acceptors (Lipinski definition) is 4. The van der Waals surface area contributed by atoms with E-state index in [4.69, 9.17) is 0 Å². The van der Waals surface area contributed by atoms with Crippen molar-refractivity contribution in [3.05, 3.63) is 68.0 Å². The van der Waals surface area contributed by atoms with Gasteiger partial charge in [-0.05, 0) is 39.3 Å². The normalized spacial score (nSPS) is 10.9. The lowest BCUT2D eigenvalue weighted by Gasteiger charge is -2.08. The van der Waals surface area contributed by atoms with Gasteiger partial charge in [0.05, 0.1) is 11.4 Å². The van der Waals surface area contributed by atoms with E-state index in [1.165, 1.54) is 11.3 Å². The molecule has 0 spiro atoms. The number of nitrogens with one attached hydrogen (secondary N) is 1. The van der Waals surface area contributed by atoms with Crippen molar-refractivity contribution >= 4 is 17.2 Å². The molecule has 1 N–H and O–H groups in total. The monoisotopic (exact) mass is 384 g/mol. The number of amides is 1. The lowest BCUT2D eigenvalue weighted by molar-refractivity contribution is -0.121. The third kappa shape index (κ3) is 4.36. The Bertz CT molecular complexity index is 985. The Morgan fingerprint density at radius 3 is 2.59 bits per heavy atom. The topological polar surface area (TPSA) is 68.9 Å². The predicted octanol–water partition coefficient (Wildman–Crippen LogP) is 3.12. The molecule has 6 nitrogen and oxygen atoms in total. The number of benzene rings is 1. The highest BCUT2D eigenvalue weighted by molar-refractivity contribution is 7.07. The summed E-state index contributed by atoms with van der Waals surface area (Å²) in [4.78, 5) is 23.9. The van der Waals surface area contributed by atoms with Gasteiger partial charge in [0.1, 0.15) is 0 Å². The number of nitrogens with zero attached hydrogens (tertiary/aromatic N) is 3. The highest BCUT2D eigenvalue weighted by atomic mass is 32.1. The SMILES string of the molecule is Cc1nn(-c2ccccc2)c(C)c1CNC(=O)CCCn1c(C)csc1=O. The first-order valence-electron chi connectivity index (χ1n) is 8.99. The Morgan fingerprint density at radius 2 is 1.93 bits per heavy atom. The second kappa shape index (κ2) is 8.35. The summed E-state index contributed by atoms with van der Waals surface area (Å²) in [6, 6.07) is 9.95. The number of carbonyl (C=O) groups excluding carboxylic acids is 1. The number of thiazole rings is 1. The molecule has 1 amide bonds. The zero-order valence-corrected chi connectivity index (χ0v) is 16.7. The van der Waals surface area contributed by atoms with Crippen LogP contribution in [0.4, 0.5) is 0 Å². The Morgan fingerprint density at radius 1 is 1.19 bits per heavy atom. The van der Waals surface area contributed by atoms with E-state index >= 15 is 0 Å².